The Labute approximate surface area is 96.0 Å². The molecule has 2 atom stereocenters. The van der Waals surface area contributed by atoms with E-state index in [4.69, 9.17) is 4.74 Å². The minimum absolute atomic E-state index is 0.352. The van der Waals surface area contributed by atoms with E-state index in [0.717, 1.165) is 19.8 Å². The molecule has 0 aromatic carbocycles. The van der Waals surface area contributed by atoms with Gasteiger partial charge in [-0.2, -0.15) is 5.10 Å². The average Bonchev–Trinajstić information content (AvgIpc) is 2.85. The predicted octanol–water partition coefficient (Wildman–Crippen LogP) is 1.51. The quantitative estimate of drug-likeness (QED) is 0.823. The van der Waals surface area contributed by atoms with Crippen LogP contribution in [0.3, 0.4) is 0 Å². The highest BCUT2D eigenvalue weighted by atomic mass is 16.5. The summed E-state index contributed by atoms with van der Waals surface area (Å²) < 4.78 is 7.57. The van der Waals surface area contributed by atoms with Gasteiger partial charge in [0.15, 0.2) is 0 Å². The van der Waals surface area contributed by atoms with Gasteiger partial charge in [-0.3, -0.25) is 4.68 Å². The van der Waals surface area contributed by atoms with Gasteiger partial charge in [-0.05, 0) is 20.3 Å². The van der Waals surface area contributed by atoms with Crippen LogP contribution in [0.2, 0.25) is 0 Å². The maximum atomic E-state index is 5.54. The molecule has 0 unspecified atom stereocenters. The van der Waals surface area contributed by atoms with Crippen LogP contribution in [0.25, 0.3) is 0 Å². The Kier molecular flexibility index (Phi) is 2.30. The third-order valence-corrected chi connectivity index (χ3v) is 3.89. The first-order valence-electron chi connectivity index (χ1n) is 6.06. The number of aromatic nitrogens is 2. The molecule has 0 radical (unpaired) electrons. The Bertz CT molecular complexity index is 379. The van der Waals surface area contributed by atoms with Crippen molar-refractivity contribution >= 4 is 0 Å². The monoisotopic (exact) mass is 221 g/mol. The summed E-state index contributed by atoms with van der Waals surface area (Å²) in [6, 6.07) is 0.882. The molecule has 3 heterocycles. The summed E-state index contributed by atoms with van der Waals surface area (Å²) in [5.41, 5.74) is 1.66. The fourth-order valence-corrected chi connectivity index (χ4v) is 2.74. The third-order valence-electron chi connectivity index (χ3n) is 3.89. The Balaban J connectivity index is 1.81. The highest BCUT2D eigenvalue weighted by Crippen LogP contribution is 2.46. The predicted molar refractivity (Wildman–Crippen MR) is 61.2 cm³/mol. The molecule has 0 saturated carbocycles. The Hall–Kier alpha value is -0.870. The first kappa shape index (κ1) is 10.3. The number of rotatable bonds is 2. The van der Waals surface area contributed by atoms with Crippen LogP contribution in [0, 0.1) is 5.41 Å². The Morgan fingerprint density at radius 3 is 3.00 bits per heavy atom. The maximum Gasteiger partial charge on any atom is 0.0553 e. The molecule has 0 aliphatic carbocycles. The molecule has 3 rings (SSSR count). The van der Waals surface area contributed by atoms with Crippen LogP contribution in [-0.4, -0.2) is 29.5 Å². The van der Waals surface area contributed by atoms with E-state index < -0.39 is 0 Å². The van der Waals surface area contributed by atoms with Crippen LogP contribution >= 0.6 is 0 Å². The number of ether oxygens (including phenoxy) is 1. The van der Waals surface area contributed by atoms with Gasteiger partial charge in [-0.1, -0.05) is 0 Å². The van der Waals surface area contributed by atoms with Crippen LogP contribution < -0.4 is 5.32 Å². The normalized spacial score (nSPS) is 33.6. The molecule has 88 valence electrons. The fraction of sp³-hybridized carbons (Fsp3) is 0.750. The molecule has 4 heteroatoms. The molecule has 1 N–H and O–H groups in total. The number of hydrogen-bond donors (Lipinski definition) is 1. The lowest BCUT2D eigenvalue weighted by molar-refractivity contribution is 0.0576. The van der Waals surface area contributed by atoms with Gasteiger partial charge in [-0.25, -0.2) is 0 Å². The van der Waals surface area contributed by atoms with Crippen molar-refractivity contribution in [3.05, 3.63) is 18.0 Å². The van der Waals surface area contributed by atoms with Gasteiger partial charge in [0.25, 0.3) is 0 Å². The van der Waals surface area contributed by atoms with Crippen LogP contribution in [0.15, 0.2) is 12.4 Å². The van der Waals surface area contributed by atoms with E-state index in [-0.39, 0.29) is 0 Å². The second-order valence-corrected chi connectivity index (χ2v) is 5.33. The van der Waals surface area contributed by atoms with Gasteiger partial charge in [0.1, 0.15) is 0 Å². The molecule has 0 bridgehead atoms. The van der Waals surface area contributed by atoms with E-state index >= 15 is 0 Å². The maximum absolute atomic E-state index is 5.54. The lowest BCUT2D eigenvalue weighted by atomic mass is 9.71. The molecule has 2 fully saturated rings. The van der Waals surface area contributed by atoms with Crippen LogP contribution in [-0.2, 0) is 4.74 Å². The summed E-state index contributed by atoms with van der Waals surface area (Å²) in [7, 11) is 0. The largest absolute Gasteiger partial charge is 0.381 e. The first-order chi connectivity index (χ1) is 7.71. The van der Waals surface area contributed by atoms with E-state index in [1.165, 1.54) is 12.0 Å². The van der Waals surface area contributed by atoms with Crippen LogP contribution in [0.1, 0.15) is 37.9 Å². The van der Waals surface area contributed by atoms with Crippen molar-refractivity contribution in [2.45, 2.75) is 32.4 Å². The minimum atomic E-state index is 0.352. The van der Waals surface area contributed by atoms with Crippen molar-refractivity contribution in [3.8, 4) is 0 Å². The summed E-state index contributed by atoms with van der Waals surface area (Å²) >= 11 is 0. The zero-order valence-corrected chi connectivity index (χ0v) is 9.94. The van der Waals surface area contributed by atoms with Gasteiger partial charge in [0, 0.05) is 42.4 Å². The molecule has 16 heavy (non-hydrogen) atoms. The van der Waals surface area contributed by atoms with Crippen molar-refractivity contribution in [1.29, 1.82) is 0 Å². The standard InChI is InChI=1S/C12H19N3O/c1-9(2)15-6-10(5-14-15)11-12(7-13-11)3-4-16-8-12/h5-6,9,11,13H,3-4,7-8H2,1-2H3/t11-,12-/m1/s1. The van der Waals surface area contributed by atoms with Gasteiger partial charge in [-0.15, -0.1) is 0 Å². The lowest BCUT2D eigenvalue weighted by Gasteiger charge is -2.46. The molecule has 4 nitrogen and oxygen atoms in total. The minimum Gasteiger partial charge on any atom is -0.381 e. The second kappa shape index (κ2) is 3.57. The summed E-state index contributed by atoms with van der Waals surface area (Å²) in [6.45, 7) is 7.21. The van der Waals surface area contributed by atoms with Gasteiger partial charge in [0.2, 0.25) is 0 Å². The van der Waals surface area contributed by atoms with Gasteiger partial charge >= 0.3 is 0 Å². The van der Waals surface area contributed by atoms with Crippen LogP contribution in [0.4, 0.5) is 0 Å². The zero-order chi connectivity index (χ0) is 11.2. The Morgan fingerprint density at radius 2 is 2.50 bits per heavy atom. The van der Waals surface area contributed by atoms with E-state index in [2.05, 4.69) is 30.5 Å². The van der Waals surface area contributed by atoms with E-state index in [0.29, 0.717) is 17.5 Å². The summed E-state index contributed by atoms with van der Waals surface area (Å²) in [5, 5.41) is 7.92. The van der Waals surface area contributed by atoms with Crippen molar-refractivity contribution in [2.24, 2.45) is 5.41 Å². The SMILES string of the molecule is CC(C)n1cc([C@H]2NC[C@@]23CCOC3)cn1. The van der Waals surface area contributed by atoms with Crippen molar-refractivity contribution in [1.82, 2.24) is 15.1 Å². The lowest BCUT2D eigenvalue weighted by Crippen LogP contribution is -2.56. The van der Waals surface area contributed by atoms with Gasteiger partial charge < -0.3 is 10.1 Å². The molecule has 1 aromatic rings. The molecule has 0 amide bonds. The third kappa shape index (κ3) is 1.40. The second-order valence-electron chi connectivity index (χ2n) is 5.33. The average molecular weight is 221 g/mol. The molecule has 2 saturated heterocycles. The molecule has 2 aliphatic heterocycles. The number of nitrogens with one attached hydrogen (secondary N) is 1. The highest BCUT2D eigenvalue weighted by molar-refractivity contribution is 5.21. The molecule has 1 aromatic heterocycles. The van der Waals surface area contributed by atoms with E-state index in [9.17, 15) is 0 Å². The molecular weight excluding hydrogens is 202 g/mol. The molecule has 1 spiro atoms. The fourth-order valence-electron chi connectivity index (χ4n) is 2.74. The van der Waals surface area contributed by atoms with E-state index in [1.807, 2.05) is 10.9 Å². The van der Waals surface area contributed by atoms with Crippen molar-refractivity contribution in [2.75, 3.05) is 19.8 Å². The Morgan fingerprint density at radius 1 is 1.62 bits per heavy atom. The smallest absolute Gasteiger partial charge is 0.0553 e. The van der Waals surface area contributed by atoms with Crippen LogP contribution in [0.5, 0.6) is 0 Å². The highest BCUT2D eigenvalue weighted by Gasteiger charge is 2.50. The molecular formula is C12H19N3O. The summed E-state index contributed by atoms with van der Waals surface area (Å²) in [6.07, 6.45) is 5.34. The summed E-state index contributed by atoms with van der Waals surface area (Å²) in [5.74, 6) is 0. The van der Waals surface area contributed by atoms with Crippen molar-refractivity contribution in [3.63, 3.8) is 0 Å². The van der Waals surface area contributed by atoms with Crippen molar-refractivity contribution < 1.29 is 4.74 Å². The van der Waals surface area contributed by atoms with E-state index in [1.54, 1.807) is 0 Å². The summed E-state index contributed by atoms with van der Waals surface area (Å²) in [4.78, 5) is 0. The van der Waals surface area contributed by atoms with Gasteiger partial charge in [0.05, 0.1) is 12.8 Å². The first-order valence-corrected chi connectivity index (χ1v) is 6.06. The molecule has 2 aliphatic rings. The zero-order valence-electron chi connectivity index (χ0n) is 9.94. The topological polar surface area (TPSA) is 39.1 Å². The number of hydrogen-bond acceptors (Lipinski definition) is 3. The number of nitrogens with zero attached hydrogens (tertiary/aromatic N) is 2.